The molecule has 2 unspecified atom stereocenters. The molecular formula is C13H24N2O3. The summed E-state index contributed by atoms with van der Waals surface area (Å²) in [6, 6.07) is 0.485. The fraction of sp³-hybridized carbons (Fsp3) is 0.846. The van der Waals surface area contributed by atoms with E-state index >= 15 is 0 Å². The minimum atomic E-state index is -0.860. The quantitative estimate of drug-likeness (QED) is 0.838. The first-order valence-corrected chi connectivity index (χ1v) is 6.76. The van der Waals surface area contributed by atoms with Gasteiger partial charge < -0.3 is 14.9 Å². The van der Waals surface area contributed by atoms with Crippen molar-refractivity contribution < 1.29 is 14.7 Å². The zero-order chi connectivity index (χ0) is 13.7. The largest absolute Gasteiger partial charge is 0.481 e. The van der Waals surface area contributed by atoms with Crippen LogP contribution in [0.4, 0.5) is 4.79 Å². The molecular weight excluding hydrogens is 232 g/mol. The number of piperidine rings is 1. The maximum atomic E-state index is 12.4. The normalized spacial score (nSPS) is 23.8. The summed E-state index contributed by atoms with van der Waals surface area (Å²) in [5.74, 6) is -0.860. The van der Waals surface area contributed by atoms with Crippen molar-refractivity contribution in [2.45, 2.75) is 58.5 Å². The highest BCUT2D eigenvalue weighted by Crippen LogP contribution is 2.23. The van der Waals surface area contributed by atoms with Gasteiger partial charge in [0.15, 0.2) is 0 Å². The van der Waals surface area contributed by atoms with Crippen molar-refractivity contribution in [2.24, 2.45) is 0 Å². The van der Waals surface area contributed by atoms with Gasteiger partial charge in [0.05, 0.1) is 6.42 Å². The second kappa shape index (κ2) is 6.61. The molecule has 104 valence electrons. The molecule has 0 aliphatic carbocycles. The van der Waals surface area contributed by atoms with Crippen LogP contribution >= 0.6 is 0 Å². The van der Waals surface area contributed by atoms with Crippen LogP contribution in [0.1, 0.15) is 46.5 Å². The van der Waals surface area contributed by atoms with Crippen LogP contribution in [0.25, 0.3) is 0 Å². The standard InChI is InChI=1S/C13H24N2O3/c1-4-14(9-8-12(16)17)13(18)15-10(2)6-5-7-11(15)3/h10-11H,4-9H2,1-3H3,(H,16,17). The van der Waals surface area contributed by atoms with Crippen LogP contribution in [0.15, 0.2) is 0 Å². The Bertz CT molecular complexity index is 297. The van der Waals surface area contributed by atoms with E-state index in [0.717, 1.165) is 19.3 Å². The molecule has 1 heterocycles. The van der Waals surface area contributed by atoms with E-state index in [0.29, 0.717) is 13.1 Å². The SMILES string of the molecule is CCN(CCC(=O)O)C(=O)N1C(C)CCCC1C. The molecule has 0 aromatic carbocycles. The lowest BCUT2D eigenvalue weighted by molar-refractivity contribution is -0.137. The number of carbonyl (C=O) groups is 2. The van der Waals surface area contributed by atoms with Crippen LogP contribution in [0.5, 0.6) is 0 Å². The van der Waals surface area contributed by atoms with Gasteiger partial charge in [-0.3, -0.25) is 4.79 Å². The second-order valence-electron chi connectivity index (χ2n) is 5.04. The lowest BCUT2D eigenvalue weighted by Gasteiger charge is -2.41. The summed E-state index contributed by atoms with van der Waals surface area (Å²) in [6.07, 6.45) is 3.24. The van der Waals surface area contributed by atoms with Crippen LogP contribution in [0.3, 0.4) is 0 Å². The fourth-order valence-corrected chi connectivity index (χ4v) is 2.58. The maximum Gasteiger partial charge on any atom is 0.320 e. The molecule has 18 heavy (non-hydrogen) atoms. The number of carbonyl (C=O) groups excluding carboxylic acids is 1. The van der Waals surface area contributed by atoms with E-state index in [1.54, 1.807) is 4.90 Å². The first-order valence-electron chi connectivity index (χ1n) is 6.76. The highest BCUT2D eigenvalue weighted by Gasteiger charge is 2.31. The molecule has 0 spiro atoms. The molecule has 1 fully saturated rings. The van der Waals surface area contributed by atoms with Crippen molar-refractivity contribution in [3.05, 3.63) is 0 Å². The summed E-state index contributed by atoms with van der Waals surface area (Å²) in [7, 11) is 0. The Kier molecular flexibility index (Phi) is 5.44. The lowest BCUT2D eigenvalue weighted by Crippen LogP contribution is -2.53. The third-order valence-electron chi connectivity index (χ3n) is 3.66. The molecule has 1 saturated heterocycles. The van der Waals surface area contributed by atoms with E-state index in [4.69, 9.17) is 5.11 Å². The topological polar surface area (TPSA) is 60.9 Å². The molecule has 2 atom stereocenters. The first kappa shape index (κ1) is 14.8. The number of carboxylic acids is 1. The van der Waals surface area contributed by atoms with Crippen molar-refractivity contribution >= 4 is 12.0 Å². The average molecular weight is 256 g/mol. The summed E-state index contributed by atoms with van der Waals surface area (Å²) in [5.41, 5.74) is 0. The zero-order valence-corrected chi connectivity index (χ0v) is 11.6. The predicted octanol–water partition coefficient (Wildman–Crippen LogP) is 2.17. The summed E-state index contributed by atoms with van der Waals surface area (Å²) in [4.78, 5) is 26.6. The zero-order valence-electron chi connectivity index (χ0n) is 11.6. The van der Waals surface area contributed by atoms with Crippen LogP contribution < -0.4 is 0 Å². The number of urea groups is 1. The van der Waals surface area contributed by atoms with Gasteiger partial charge in [0, 0.05) is 25.2 Å². The number of hydrogen-bond acceptors (Lipinski definition) is 2. The van der Waals surface area contributed by atoms with Gasteiger partial charge in [-0.2, -0.15) is 0 Å². The summed E-state index contributed by atoms with van der Waals surface area (Å²) in [5, 5.41) is 8.70. The number of carboxylic acid groups (broad SMARTS) is 1. The van der Waals surface area contributed by atoms with E-state index in [-0.39, 0.29) is 24.5 Å². The molecule has 5 nitrogen and oxygen atoms in total. The Hall–Kier alpha value is -1.26. The number of nitrogens with zero attached hydrogens (tertiary/aromatic N) is 2. The highest BCUT2D eigenvalue weighted by molar-refractivity contribution is 5.76. The second-order valence-corrected chi connectivity index (χ2v) is 5.04. The van der Waals surface area contributed by atoms with E-state index in [9.17, 15) is 9.59 Å². The molecule has 2 amide bonds. The third-order valence-corrected chi connectivity index (χ3v) is 3.66. The van der Waals surface area contributed by atoms with E-state index in [2.05, 4.69) is 13.8 Å². The van der Waals surface area contributed by atoms with E-state index in [1.165, 1.54) is 0 Å². The van der Waals surface area contributed by atoms with Crippen molar-refractivity contribution in [1.29, 1.82) is 0 Å². The van der Waals surface area contributed by atoms with Gasteiger partial charge in [0.25, 0.3) is 0 Å². The minimum absolute atomic E-state index is 0.0101. The van der Waals surface area contributed by atoms with Gasteiger partial charge in [-0.1, -0.05) is 0 Å². The Morgan fingerprint density at radius 3 is 2.28 bits per heavy atom. The van der Waals surface area contributed by atoms with Gasteiger partial charge in [-0.15, -0.1) is 0 Å². The summed E-state index contributed by atoms with van der Waals surface area (Å²) < 4.78 is 0. The lowest BCUT2D eigenvalue weighted by atomic mass is 9.98. The van der Waals surface area contributed by atoms with Gasteiger partial charge >= 0.3 is 12.0 Å². The first-order chi connectivity index (χ1) is 8.47. The van der Waals surface area contributed by atoms with Gasteiger partial charge in [-0.05, 0) is 40.0 Å². The summed E-state index contributed by atoms with van der Waals surface area (Å²) in [6.45, 7) is 6.87. The molecule has 0 aromatic heterocycles. The van der Waals surface area contributed by atoms with Crippen molar-refractivity contribution in [3.8, 4) is 0 Å². The monoisotopic (exact) mass is 256 g/mol. The number of aliphatic carboxylic acids is 1. The van der Waals surface area contributed by atoms with Crippen molar-refractivity contribution in [2.75, 3.05) is 13.1 Å². The third kappa shape index (κ3) is 3.62. The number of likely N-dealkylation sites (tertiary alicyclic amines) is 1. The molecule has 1 aliphatic heterocycles. The molecule has 1 N–H and O–H groups in total. The molecule has 0 saturated carbocycles. The van der Waals surface area contributed by atoms with Crippen LogP contribution in [0.2, 0.25) is 0 Å². The average Bonchev–Trinajstić information content (AvgIpc) is 2.29. The Labute approximate surface area is 109 Å². The molecule has 1 aliphatic rings. The van der Waals surface area contributed by atoms with Gasteiger partial charge in [0.1, 0.15) is 0 Å². The number of rotatable bonds is 4. The van der Waals surface area contributed by atoms with Crippen LogP contribution in [-0.4, -0.2) is 52.1 Å². The maximum absolute atomic E-state index is 12.4. The van der Waals surface area contributed by atoms with Gasteiger partial charge in [0.2, 0.25) is 0 Å². The smallest absolute Gasteiger partial charge is 0.320 e. The Morgan fingerprint density at radius 1 is 1.28 bits per heavy atom. The molecule has 5 heteroatoms. The van der Waals surface area contributed by atoms with E-state index < -0.39 is 5.97 Å². The highest BCUT2D eigenvalue weighted by atomic mass is 16.4. The van der Waals surface area contributed by atoms with Crippen molar-refractivity contribution in [3.63, 3.8) is 0 Å². The van der Waals surface area contributed by atoms with E-state index in [1.807, 2.05) is 11.8 Å². The van der Waals surface area contributed by atoms with Crippen molar-refractivity contribution in [1.82, 2.24) is 9.80 Å². The Morgan fingerprint density at radius 2 is 1.83 bits per heavy atom. The molecule has 0 bridgehead atoms. The number of hydrogen-bond donors (Lipinski definition) is 1. The molecule has 0 aromatic rings. The summed E-state index contributed by atoms with van der Waals surface area (Å²) >= 11 is 0. The minimum Gasteiger partial charge on any atom is -0.481 e. The fourth-order valence-electron chi connectivity index (χ4n) is 2.58. The van der Waals surface area contributed by atoms with Crippen LogP contribution in [0, 0.1) is 0 Å². The predicted molar refractivity (Wildman–Crippen MR) is 69.5 cm³/mol. The molecule has 1 rings (SSSR count). The van der Waals surface area contributed by atoms with Crippen LogP contribution in [-0.2, 0) is 4.79 Å². The molecule has 0 radical (unpaired) electrons. The van der Waals surface area contributed by atoms with Gasteiger partial charge in [-0.25, -0.2) is 4.79 Å². The number of amides is 2. The Balaban J connectivity index is 2.66.